The molecule has 84 heavy (non-hydrogen) atoms. The standard InChI is InChI=1S/C52H89N11O21/c1-22(2)19-30(45(75)57-29(44(54)74)13-9-10-16-53)58-46(76)32-15-12-18-63(32)50(80)37(25(5)82-52-39(56-27(7)68)43(73)41(71)34(21-65)84-52)61-48(78)35(23(3)66)59-49(79)36(60-47(77)31-14-11-17-62(31)28(8)69)24(4)81-51-38(55-26(6)67)42(72)40(70)33(20-64)83-51/h22-25,29-43,51-52,64-66,70-73H,9-21,53H2,1-8H3,(H2,54,74)(H,55,67)(H,56,68)(H,57,75)(H,58,76)(H,59,79)(H,60,77)(H,61,78)/t23-,24-,25-,29+,30+,31+,32+,33-,34-,35+,36+,37+,38-,39-,40+,41+,42-,43-,51+,52+/m1/s1. The summed E-state index contributed by atoms with van der Waals surface area (Å²) in [7, 11) is 0. The molecule has 20 atom stereocenters. The Bertz CT molecular complexity index is 2290. The first kappa shape index (κ1) is 70.7. The second-order valence-corrected chi connectivity index (χ2v) is 22.2. The van der Waals surface area contributed by atoms with Crippen molar-refractivity contribution < 1.29 is 103 Å². The Balaban J connectivity index is 1.74. The van der Waals surface area contributed by atoms with Gasteiger partial charge in [0.25, 0.3) is 0 Å². The lowest BCUT2D eigenvalue weighted by atomic mass is 9.96. The Hall–Kier alpha value is -5.78. The van der Waals surface area contributed by atoms with Crippen molar-refractivity contribution in [3.8, 4) is 0 Å². The minimum atomic E-state index is -2.05. The van der Waals surface area contributed by atoms with E-state index in [-0.39, 0.29) is 51.1 Å². The number of hydrogen-bond acceptors (Lipinski definition) is 22. The molecule has 18 N–H and O–H groups in total. The topological polar surface area (TPSA) is 492 Å². The van der Waals surface area contributed by atoms with E-state index in [2.05, 4.69) is 37.2 Å². The molecule has 478 valence electrons. The number of carbonyl (C=O) groups is 10. The van der Waals surface area contributed by atoms with Gasteiger partial charge < -0.3 is 113 Å². The van der Waals surface area contributed by atoms with Crippen LogP contribution in [0.25, 0.3) is 0 Å². The van der Waals surface area contributed by atoms with Crippen molar-refractivity contribution in [2.24, 2.45) is 17.4 Å². The van der Waals surface area contributed by atoms with E-state index in [4.69, 9.17) is 30.4 Å². The minimum absolute atomic E-state index is 0.0213. The Morgan fingerprint density at radius 1 is 0.595 bits per heavy atom. The maximum Gasteiger partial charge on any atom is 0.248 e. The van der Waals surface area contributed by atoms with E-state index < -0.39 is 194 Å². The number of primary amides is 1. The van der Waals surface area contributed by atoms with Crippen LogP contribution < -0.4 is 48.7 Å². The third-order valence-corrected chi connectivity index (χ3v) is 15.1. The summed E-state index contributed by atoms with van der Waals surface area (Å²) in [6.07, 6.45) is -16.7. The van der Waals surface area contributed by atoms with Crippen molar-refractivity contribution in [2.75, 3.05) is 32.8 Å². The molecule has 32 nitrogen and oxygen atoms in total. The van der Waals surface area contributed by atoms with Gasteiger partial charge in [-0.15, -0.1) is 0 Å². The number of likely N-dealkylation sites (tertiary alicyclic amines) is 2. The van der Waals surface area contributed by atoms with Crippen LogP contribution in [0.2, 0.25) is 0 Å². The van der Waals surface area contributed by atoms with E-state index in [1.54, 1.807) is 13.8 Å². The fourth-order valence-electron chi connectivity index (χ4n) is 10.6. The molecule has 10 amide bonds. The molecule has 4 rings (SSSR count). The lowest BCUT2D eigenvalue weighted by molar-refractivity contribution is -0.281. The molecule has 0 aliphatic carbocycles. The molecule has 4 aliphatic rings. The van der Waals surface area contributed by atoms with Crippen molar-refractivity contribution in [3.05, 3.63) is 0 Å². The zero-order valence-electron chi connectivity index (χ0n) is 48.7. The quantitative estimate of drug-likeness (QED) is 0.0309. The van der Waals surface area contributed by atoms with Crippen molar-refractivity contribution in [1.82, 2.24) is 47.0 Å². The monoisotopic (exact) mass is 1200 g/mol. The van der Waals surface area contributed by atoms with Crippen molar-refractivity contribution in [1.29, 1.82) is 0 Å². The summed E-state index contributed by atoms with van der Waals surface area (Å²) in [4.78, 5) is 139. The Morgan fingerprint density at radius 3 is 1.51 bits per heavy atom. The fourth-order valence-corrected chi connectivity index (χ4v) is 10.6. The van der Waals surface area contributed by atoms with E-state index >= 15 is 4.79 Å². The smallest absolute Gasteiger partial charge is 0.248 e. The van der Waals surface area contributed by atoms with Gasteiger partial charge in [0.2, 0.25) is 59.1 Å². The van der Waals surface area contributed by atoms with Gasteiger partial charge in [0.05, 0.1) is 31.5 Å². The number of nitrogens with one attached hydrogen (secondary N) is 7. The van der Waals surface area contributed by atoms with Gasteiger partial charge in [-0.05, 0) is 84.6 Å². The summed E-state index contributed by atoms with van der Waals surface area (Å²) in [6.45, 7) is 9.21. The summed E-state index contributed by atoms with van der Waals surface area (Å²) in [5.41, 5.74) is 11.2. The van der Waals surface area contributed by atoms with Crippen LogP contribution in [0.3, 0.4) is 0 Å². The molecule has 0 radical (unpaired) electrons. The van der Waals surface area contributed by atoms with Gasteiger partial charge in [-0.25, -0.2) is 0 Å². The Labute approximate surface area is 486 Å². The number of aliphatic hydroxyl groups excluding tert-OH is 7. The zero-order chi connectivity index (χ0) is 63.0. The van der Waals surface area contributed by atoms with Crippen LogP contribution in [0.15, 0.2) is 0 Å². The average molecular weight is 1200 g/mol. The molecule has 0 unspecified atom stereocenters. The number of unbranched alkanes of at least 4 members (excludes halogenated alkanes) is 1. The van der Waals surface area contributed by atoms with Gasteiger partial charge >= 0.3 is 0 Å². The molecule has 0 aromatic rings. The van der Waals surface area contributed by atoms with Crippen LogP contribution in [0.4, 0.5) is 0 Å². The lowest BCUT2D eigenvalue weighted by Crippen LogP contribution is -2.67. The number of aliphatic hydroxyl groups is 7. The predicted octanol–water partition coefficient (Wildman–Crippen LogP) is -7.85. The van der Waals surface area contributed by atoms with E-state index in [0.29, 0.717) is 25.8 Å². The predicted molar refractivity (Wildman–Crippen MR) is 290 cm³/mol. The van der Waals surface area contributed by atoms with Gasteiger partial charge in [0, 0.05) is 33.9 Å². The van der Waals surface area contributed by atoms with Crippen LogP contribution in [0, 0.1) is 5.92 Å². The average Bonchev–Trinajstić information content (AvgIpc) is 3.02. The van der Waals surface area contributed by atoms with Crippen LogP contribution in [-0.4, -0.2) is 259 Å². The molecule has 0 spiro atoms. The SMILES string of the molecule is CC(=O)N[C@H]1[C@@H](O[C@H](C)[C@H](NC(=O)[C@@H]2CCCN2C(C)=O)C(=O)N[C@H](C(=O)N[C@H](C(=O)N2CCC[C@H]2C(=O)N[C@@H](CC(C)C)C(=O)N[C@@H](CCCCN)C(N)=O)[C@@H](C)O[C@H]2O[C@H](CO)[C@H](O)[C@H](O)[C@H]2NC(C)=O)[C@@H](C)O)O[C@H](CO)[C@H](O)[C@@H]1O. The first-order valence-electron chi connectivity index (χ1n) is 28.3. The number of rotatable bonds is 29. The minimum Gasteiger partial charge on any atom is -0.394 e. The summed E-state index contributed by atoms with van der Waals surface area (Å²) in [6, 6.07) is -13.8. The van der Waals surface area contributed by atoms with Gasteiger partial charge in [-0.3, -0.25) is 47.9 Å². The van der Waals surface area contributed by atoms with Crippen molar-refractivity contribution >= 4 is 59.1 Å². The molecule has 4 aliphatic heterocycles. The molecule has 0 bridgehead atoms. The second-order valence-electron chi connectivity index (χ2n) is 22.2. The van der Waals surface area contributed by atoms with E-state index in [1.165, 1.54) is 25.7 Å². The Morgan fingerprint density at radius 2 is 1.06 bits per heavy atom. The maximum atomic E-state index is 15.2. The van der Waals surface area contributed by atoms with Crippen LogP contribution in [0.5, 0.6) is 0 Å². The third kappa shape index (κ3) is 18.9. The van der Waals surface area contributed by atoms with E-state index in [1.807, 2.05) is 0 Å². The van der Waals surface area contributed by atoms with Gasteiger partial charge in [0.15, 0.2) is 12.6 Å². The van der Waals surface area contributed by atoms with Gasteiger partial charge in [-0.2, -0.15) is 0 Å². The second kappa shape index (κ2) is 32.6. The summed E-state index contributed by atoms with van der Waals surface area (Å²) in [5.74, 6) is -8.91. The van der Waals surface area contributed by atoms with Gasteiger partial charge in [-0.1, -0.05) is 13.8 Å². The molecular weight excluding hydrogens is 1110 g/mol. The number of hydrogen-bond donors (Lipinski definition) is 16. The van der Waals surface area contributed by atoms with E-state index in [0.717, 1.165) is 25.7 Å². The van der Waals surface area contributed by atoms with Gasteiger partial charge in [0.1, 0.15) is 91.0 Å². The largest absolute Gasteiger partial charge is 0.394 e. The first-order valence-corrected chi connectivity index (χ1v) is 28.3. The number of carbonyl (C=O) groups excluding carboxylic acids is 10. The highest BCUT2D eigenvalue weighted by Crippen LogP contribution is 2.28. The van der Waals surface area contributed by atoms with Crippen LogP contribution in [0.1, 0.15) is 107 Å². The maximum absolute atomic E-state index is 15.2. The fraction of sp³-hybridized carbons (Fsp3) is 0.808. The molecule has 4 fully saturated rings. The number of nitrogens with zero attached hydrogens (tertiary/aromatic N) is 2. The summed E-state index contributed by atoms with van der Waals surface area (Å²) >= 11 is 0. The van der Waals surface area contributed by atoms with E-state index in [9.17, 15) is 78.9 Å². The normalized spacial score (nSPS) is 29.0. The molecule has 32 heteroatoms. The zero-order valence-corrected chi connectivity index (χ0v) is 48.7. The number of ether oxygens (including phenoxy) is 4. The molecule has 0 saturated carbocycles. The number of amides is 10. The highest BCUT2D eigenvalue weighted by molar-refractivity contribution is 5.98. The van der Waals surface area contributed by atoms with Crippen LogP contribution in [-0.2, 0) is 66.9 Å². The summed E-state index contributed by atoms with van der Waals surface area (Å²) in [5, 5.41) is 92.2. The number of nitrogens with two attached hydrogens (primary N) is 2. The highest BCUT2D eigenvalue weighted by Gasteiger charge is 2.50. The molecule has 4 saturated heterocycles. The molecular formula is C52H89N11O21. The third-order valence-electron chi connectivity index (χ3n) is 15.1. The lowest BCUT2D eigenvalue weighted by Gasteiger charge is -2.44. The molecule has 4 heterocycles. The molecule has 0 aromatic carbocycles. The summed E-state index contributed by atoms with van der Waals surface area (Å²) < 4.78 is 23.7. The Kier molecular flexibility index (Phi) is 27.5. The van der Waals surface area contributed by atoms with Crippen molar-refractivity contribution in [2.45, 2.75) is 229 Å². The first-order chi connectivity index (χ1) is 39.5. The molecule has 0 aromatic heterocycles. The highest BCUT2D eigenvalue weighted by atomic mass is 16.7. The van der Waals surface area contributed by atoms with Crippen molar-refractivity contribution in [3.63, 3.8) is 0 Å². The van der Waals surface area contributed by atoms with Crippen LogP contribution >= 0.6 is 0 Å².